The molecule has 17 heavy (non-hydrogen) atoms. The monoisotopic (exact) mass is 245 g/mol. The summed E-state index contributed by atoms with van der Waals surface area (Å²) in [4.78, 5) is 13.4. The number of aliphatic hydroxyl groups excluding tert-OH is 1. The predicted molar refractivity (Wildman–Crippen MR) is 63.7 cm³/mol. The van der Waals surface area contributed by atoms with Gasteiger partial charge in [-0.2, -0.15) is 0 Å². The van der Waals surface area contributed by atoms with E-state index in [0.717, 1.165) is 0 Å². The van der Waals surface area contributed by atoms with E-state index in [9.17, 15) is 15.0 Å². The number of likely N-dealkylation sites (tertiary alicyclic amines) is 1. The Labute approximate surface area is 102 Å². The van der Waals surface area contributed by atoms with Crippen molar-refractivity contribution >= 4 is 6.09 Å². The van der Waals surface area contributed by atoms with Crippen molar-refractivity contribution < 1.29 is 19.7 Å². The first-order valence-electron chi connectivity index (χ1n) is 5.97. The normalized spacial score (nSPS) is 30.2. The van der Waals surface area contributed by atoms with E-state index in [-0.39, 0.29) is 19.2 Å². The molecule has 1 fully saturated rings. The van der Waals surface area contributed by atoms with E-state index < -0.39 is 17.3 Å². The van der Waals surface area contributed by atoms with Crippen LogP contribution in [0.1, 0.15) is 40.5 Å². The largest absolute Gasteiger partial charge is 0.444 e. The molecule has 0 aromatic rings. The standard InChI is InChI=1S/C12H23NO4/c1-11(2,3)17-10(15)13-8-12(4,16)6-5-9(13)7-14/h9,14,16H,5-8H2,1-4H3/t9-,12-/m1/s1. The molecule has 0 saturated carbocycles. The second kappa shape index (κ2) is 4.82. The summed E-state index contributed by atoms with van der Waals surface area (Å²) in [5.74, 6) is 0. The van der Waals surface area contributed by atoms with Gasteiger partial charge in [-0.1, -0.05) is 0 Å². The van der Waals surface area contributed by atoms with Crippen LogP contribution in [0.15, 0.2) is 0 Å². The SMILES string of the molecule is CC(C)(C)OC(=O)N1C[C@](C)(O)CC[C@@H]1CO. The number of carbonyl (C=O) groups is 1. The summed E-state index contributed by atoms with van der Waals surface area (Å²) in [7, 11) is 0. The fourth-order valence-corrected chi connectivity index (χ4v) is 1.93. The zero-order valence-corrected chi connectivity index (χ0v) is 11.1. The number of carbonyl (C=O) groups excluding carboxylic acids is 1. The van der Waals surface area contributed by atoms with Crippen LogP contribution in [0.4, 0.5) is 4.79 Å². The number of aliphatic hydroxyl groups is 2. The summed E-state index contributed by atoms with van der Waals surface area (Å²) in [6.45, 7) is 7.17. The van der Waals surface area contributed by atoms with Crippen molar-refractivity contribution in [1.29, 1.82) is 0 Å². The van der Waals surface area contributed by atoms with Gasteiger partial charge >= 0.3 is 6.09 Å². The third kappa shape index (κ3) is 4.16. The Bertz CT molecular complexity index is 283. The summed E-state index contributed by atoms with van der Waals surface area (Å²) in [5.41, 5.74) is -1.47. The molecule has 0 bridgehead atoms. The maximum atomic E-state index is 12.0. The fourth-order valence-electron chi connectivity index (χ4n) is 1.93. The van der Waals surface area contributed by atoms with Gasteiger partial charge in [-0.15, -0.1) is 0 Å². The number of hydrogen-bond donors (Lipinski definition) is 2. The number of piperidine rings is 1. The van der Waals surface area contributed by atoms with Gasteiger partial charge in [-0.3, -0.25) is 0 Å². The van der Waals surface area contributed by atoms with Crippen LogP contribution in [0.3, 0.4) is 0 Å². The first-order chi connectivity index (χ1) is 7.64. The van der Waals surface area contributed by atoms with Crippen LogP contribution >= 0.6 is 0 Å². The fraction of sp³-hybridized carbons (Fsp3) is 0.917. The average molecular weight is 245 g/mol. The van der Waals surface area contributed by atoms with Crippen LogP contribution in [0, 0.1) is 0 Å². The number of amides is 1. The van der Waals surface area contributed by atoms with Gasteiger partial charge in [0, 0.05) is 0 Å². The van der Waals surface area contributed by atoms with E-state index in [1.165, 1.54) is 4.90 Å². The number of ether oxygens (including phenoxy) is 1. The van der Waals surface area contributed by atoms with Gasteiger partial charge < -0.3 is 19.8 Å². The van der Waals surface area contributed by atoms with Crippen LogP contribution < -0.4 is 0 Å². The van der Waals surface area contributed by atoms with E-state index in [2.05, 4.69) is 0 Å². The number of hydrogen-bond acceptors (Lipinski definition) is 4. The predicted octanol–water partition coefficient (Wildman–Crippen LogP) is 1.13. The van der Waals surface area contributed by atoms with Crippen molar-refractivity contribution in [1.82, 2.24) is 4.90 Å². The lowest BCUT2D eigenvalue weighted by Crippen LogP contribution is -2.55. The van der Waals surface area contributed by atoms with Crippen molar-refractivity contribution in [2.75, 3.05) is 13.2 Å². The smallest absolute Gasteiger partial charge is 0.410 e. The van der Waals surface area contributed by atoms with Crippen molar-refractivity contribution in [2.45, 2.75) is 57.8 Å². The van der Waals surface area contributed by atoms with Crippen molar-refractivity contribution in [3.8, 4) is 0 Å². The summed E-state index contributed by atoms with van der Waals surface area (Å²) in [6, 6.07) is -0.259. The molecular weight excluding hydrogens is 222 g/mol. The minimum atomic E-state index is -0.900. The number of rotatable bonds is 1. The molecule has 1 aliphatic heterocycles. The summed E-state index contributed by atoms with van der Waals surface area (Å²) < 4.78 is 5.27. The van der Waals surface area contributed by atoms with E-state index in [1.807, 2.05) is 0 Å². The van der Waals surface area contributed by atoms with Gasteiger partial charge in [0.05, 0.1) is 24.8 Å². The molecule has 0 unspecified atom stereocenters. The highest BCUT2D eigenvalue weighted by Gasteiger charge is 2.38. The molecule has 1 heterocycles. The lowest BCUT2D eigenvalue weighted by atomic mass is 9.91. The minimum Gasteiger partial charge on any atom is -0.444 e. The highest BCUT2D eigenvalue weighted by Crippen LogP contribution is 2.26. The molecule has 2 N–H and O–H groups in total. The number of nitrogens with zero attached hydrogens (tertiary/aromatic N) is 1. The van der Waals surface area contributed by atoms with Gasteiger partial charge in [0.1, 0.15) is 5.60 Å². The van der Waals surface area contributed by atoms with Gasteiger partial charge in [0.25, 0.3) is 0 Å². The van der Waals surface area contributed by atoms with Crippen LogP contribution in [-0.2, 0) is 4.74 Å². The Morgan fingerprint density at radius 1 is 1.53 bits per heavy atom. The molecule has 1 amide bonds. The third-order valence-corrected chi connectivity index (χ3v) is 2.81. The second-order valence-corrected chi connectivity index (χ2v) is 5.98. The Hall–Kier alpha value is -0.810. The van der Waals surface area contributed by atoms with Gasteiger partial charge in [-0.25, -0.2) is 4.79 Å². The molecule has 0 aromatic heterocycles. The van der Waals surface area contributed by atoms with Crippen LogP contribution in [-0.4, -0.2) is 51.6 Å². The van der Waals surface area contributed by atoms with E-state index >= 15 is 0 Å². The maximum absolute atomic E-state index is 12.0. The Kier molecular flexibility index (Phi) is 4.04. The quantitative estimate of drug-likeness (QED) is 0.726. The molecule has 5 nitrogen and oxygen atoms in total. The van der Waals surface area contributed by atoms with Crippen LogP contribution in [0.5, 0.6) is 0 Å². The molecule has 2 atom stereocenters. The Morgan fingerprint density at radius 2 is 2.12 bits per heavy atom. The van der Waals surface area contributed by atoms with E-state index in [1.54, 1.807) is 27.7 Å². The van der Waals surface area contributed by atoms with E-state index in [4.69, 9.17) is 4.74 Å². The maximum Gasteiger partial charge on any atom is 0.410 e. The Morgan fingerprint density at radius 3 is 2.59 bits per heavy atom. The van der Waals surface area contributed by atoms with Crippen LogP contribution in [0.2, 0.25) is 0 Å². The summed E-state index contributed by atoms with van der Waals surface area (Å²) in [6.07, 6.45) is 0.691. The van der Waals surface area contributed by atoms with Crippen molar-refractivity contribution in [2.24, 2.45) is 0 Å². The topological polar surface area (TPSA) is 70.0 Å². The van der Waals surface area contributed by atoms with Crippen LogP contribution in [0.25, 0.3) is 0 Å². The summed E-state index contributed by atoms with van der Waals surface area (Å²) in [5, 5.41) is 19.2. The molecule has 0 aromatic carbocycles. The molecule has 0 aliphatic carbocycles. The van der Waals surface area contributed by atoms with Crippen molar-refractivity contribution in [3.63, 3.8) is 0 Å². The molecule has 5 heteroatoms. The molecule has 0 radical (unpaired) electrons. The van der Waals surface area contributed by atoms with Gasteiger partial charge in [-0.05, 0) is 40.5 Å². The Balaban J connectivity index is 2.73. The highest BCUT2D eigenvalue weighted by atomic mass is 16.6. The van der Waals surface area contributed by atoms with Gasteiger partial charge in [0.2, 0.25) is 0 Å². The molecular formula is C12H23NO4. The highest BCUT2D eigenvalue weighted by molar-refractivity contribution is 5.69. The molecule has 100 valence electrons. The summed E-state index contributed by atoms with van der Waals surface area (Å²) >= 11 is 0. The first-order valence-corrected chi connectivity index (χ1v) is 5.97. The molecule has 0 spiro atoms. The number of β-amino-alcohol motifs (C(OH)–C–C–N with tert-alkyl or cyclic N) is 1. The second-order valence-electron chi connectivity index (χ2n) is 5.98. The third-order valence-electron chi connectivity index (χ3n) is 2.81. The lowest BCUT2D eigenvalue weighted by molar-refractivity contribution is -0.0593. The molecule has 1 aliphatic rings. The first kappa shape index (κ1) is 14.3. The zero-order valence-electron chi connectivity index (χ0n) is 11.1. The minimum absolute atomic E-state index is 0.102. The molecule has 1 saturated heterocycles. The lowest BCUT2D eigenvalue weighted by Gasteiger charge is -2.42. The van der Waals surface area contributed by atoms with Gasteiger partial charge in [0.15, 0.2) is 0 Å². The average Bonchev–Trinajstić information content (AvgIpc) is 2.13. The zero-order chi connectivity index (χ0) is 13.3. The molecule has 1 rings (SSSR count). The van der Waals surface area contributed by atoms with Crippen molar-refractivity contribution in [3.05, 3.63) is 0 Å². The van der Waals surface area contributed by atoms with E-state index in [0.29, 0.717) is 12.8 Å².